The van der Waals surface area contributed by atoms with E-state index in [0.29, 0.717) is 0 Å². The van der Waals surface area contributed by atoms with E-state index in [1.807, 2.05) is 41.5 Å². The zero-order valence-corrected chi connectivity index (χ0v) is 22.5. The van der Waals surface area contributed by atoms with Crippen LogP contribution in [0.1, 0.15) is 78.5 Å². The molecule has 0 aromatic heterocycles. The summed E-state index contributed by atoms with van der Waals surface area (Å²) < 4.78 is 0. The van der Waals surface area contributed by atoms with Gasteiger partial charge in [0.1, 0.15) is 6.17 Å². The van der Waals surface area contributed by atoms with E-state index in [0.717, 1.165) is 12.3 Å². The van der Waals surface area contributed by atoms with Gasteiger partial charge in [-0.15, -0.1) is 0 Å². The van der Waals surface area contributed by atoms with E-state index in [1.165, 1.54) is 39.2 Å². The number of para-hydroxylation sites is 2. The highest BCUT2D eigenvalue weighted by atomic mass is 15.6. The SMILES string of the molecule is CC.CC.CC.CCC1(C)c2cccc3c2N2C(=NN(c4ccccc4C)C21)c1ccccc1-3. The molecule has 3 nitrogen and oxygen atoms in total. The van der Waals surface area contributed by atoms with Crippen LogP contribution in [0.15, 0.2) is 71.8 Å². The summed E-state index contributed by atoms with van der Waals surface area (Å²) in [6, 6.07) is 24.1. The number of amidine groups is 1. The molecule has 3 aliphatic rings. The third-order valence-electron chi connectivity index (χ3n) is 6.92. The van der Waals surface area contributed by atoms with Crippen molar-refractivity contribution in [3.8, 4) is 11.1 Å². The van der Waals surface area contributed by atoms with Gasteiger partial charge in [0, 0.05) is 16.5 Å². The van der Waals surface area contributed by atoms with Crippen LogP contribution in [-0.2, 0) is 5.41 Å². The monoisotopic (exact) mass is 455 g/mol. The molecule has 0 radical (unpaired) electrons. The van der Waals surface area contributed by atoms with Crippen LogP contribution in [0.3, 0.4) is 0 Å². The topological polar surface area (TPSA) is 18.8 Å². The minimum absolute atomic E-state index is 0.000910. The van der Waals surface area contributed by atoms with Crippen LogP contribution in [0, 0.1) is 6.92 Å². The van der Waals surface area contributed by atoms with Crippen molar-refractivity contribution < 1.29 is 0 Å². The van der Waals surface area contributed by atoms with E-state index in [9.17, 15) is 0 Å². The number of hydrazone groups is 1. The van der Waals surface area contributed by atoms with E-state index in [2.05, 4.69) is 97.4 Å². The van der Waals surface area contributed by atoms with Crippen molar-refractivity contribution in [3.05, 3.63) is 83.4 Å². The normalized spacial score (nSPS) is 19.9. The molecule has 2 unspecified atom stereocenters. The lowest BCUT2D eigenvalue weighted by molar-refractivity contribution is 0.386. The quantitative estimate of drug-likeness (QED) is 0.384. The van der Waals surface area contributed by atoms with Gasteiger partial charge in [0.2, 0.25) is 0 Å². The number of hydrogen-bond acceptors (Lipinski definition) is 3. The molecule has 3 heterocycles. The Hall–Kier alpha value is -3.07. The highest BCUT2D eigenvalue weighted by molar-refractivity contribution is 6.22. The highest BCUT2D eigenvalue weighted by Crippen LogP contribution is 2.57. The maximum absolute atomic E-state index is 5.23. The van der Waals surface area contributed by atoms with Crippen molar-refractivity contribution in [2.45, 2.75) is 80.3 Å². The summed E-state index contributed by atoms with van der Waals surface area (Å²) in [5.74, 6) is 1.08. The minimum atomic E-state index is 0.000910. The van der Waals surface area contributed by atoms with Gasteiger partial charge in [0.15, 0.2) is 5.84 Å². The molecule has 0 saturated heterocycles. The Morgan fingerprint density at radius 2 is 1.35 bits per heavy atom. The van der Waals surface area contributed by atoms with Gasteiger partial charge >= 0.3 is 0 Å². The molecule has 3 heteroatoms. The summed E-state index contributed by atoms with van der Waals surface area (Å²) >= 11 is 0. The lowest BCUT2D eigenvalue weighted by Crippen LogP contribution is -2.50. The molecule has 0 amide bonds. The number of nitrogens with zero attached hydrogens (tertiary/aromatic N) is 3. The predicted molar refractivity (Wildman–Crippen MR) is 150 cm³/mol. The van der Waals surface area contributed by atoms with Crippen molar-refractivity contribution in [1.82, 2.24) is 0 Å². The number of rotatable bonds is 2. The standard InChI is InChI=1S/C25H23N3.3C2H6/c1-4-25(3)20-14-9-13-18-17-11-6-7-12-19(17)23-26-28(24(25)27(23)22(18)20)21-15-8-5-10-16(21)2;3*1-2/h5-15,24H,4H2,1-3H3;3*1-2H3. The smallest absolute Gasteiger partial charge is 0.163 e. The molecule has 3 aromatic rings. The summed E-state index contributed by atoms with van der Waals surface area (Å²) in [6.07, 6.45) is 1.23. The Bertz CT molecular complexity index is 1160. The molecular formula is C31H41N3. The van der Waals surface area contributed by atoms with Gasteiger partial charge in [0.05, 0.1) is 11.4 Å². The fourth-order valence-electron chi connectivity index (χ4n) is 5.31. The molecule has 0 fully saturated rings. The van der Waals surface area contributed by atoms with E-state index in [1.54, 1.807) is 0 Å². The third-order valence-corrected chi connectivity index (χ3v) is 6.92. The first kappa shape index (κ1) is 25.6. The number of benzene rings is 3. The van der Waals surface area contributed by atoms with E-state index < -0.39 is 0 Å². The zero-order valence-electron chi connectivity index (χ0n) is 22.5. The van der Waals surface area contributed by atoms with Gasteiger partial charge in [-0.25, -0.2) is 5.01 Å². The molecule has 0 bridgehead atoms. The fourth-order valence-corrected chi connectivity index (χ4v) is 5.31. The minimum Gasteiger partial charge on any atom is -0.300 e. The lowest BCUT2D eigenvalue weighted by Gasteiger charge is -2.37. The van der Waals surface area contributed by atoms with E-state index in [-0.39, 0.29) is 11.6 Å². The molecule has 0 N–H and O–H groups in total. The second-order valence-electron chi connectivity index (χ2n) is 8.32. The van der Waals surface area contributed by atoms with E-state index in [4.69, 9.17) is 5.10 Å². The summed E-state index contributed by atoms with van der Waals surface area (Å²) in [5.41, 5.74) is 9.11. The molecule has 0 aliphatic carbocycles. The van der Waals surface area contributed by atoms with Gasteiger partial charge in [-0.05, 0) is 36.1 Å². The Labute approximate surface area is 207 Å². The van der Waals surface area contributed by atoms with Crippen LogP contribution in [-0.4, -0.2) is 12.0 Å². The van der Waals surface area contributed by atoms with Crippen LogP contribution < -0.4 is 9.91 Å². The lowest BCUT2D eigenvalue weighted by atomic mass is 9.78. The Morgan fingerprint density at radius 3 is 2.00 bits per heavy atom. The van der Waals surface area contributed by atoms with Gasteiger partial charge in [0.25, 0.3) is 0 Å². The number of anilines is 2. The average molecular weight is 456 g/mol. The average Bonchev–Trinajstić information content (AvgIpc) is 3.44. The van der Waals surface area contributed by atoms with Gasteiger partial charge in [-0.3, -0.25) is 4.90 Å². The first-order valence-electron chi connectivity index (χ1n) is 13.1. The van der Waals surface area contributed by atoms with Crippen LogP contribution >= 0.6 is 0 Å². The Morgan fingerprint density at radius 1 is 0.765 bits per heavy atom. The van der Waals surface area contributed by atoms with Crippen molar-refractivity contribution in [3.63, 3.8) is 0 Å². The fraction of sp³-hybridized carbons (Fsp3) is 0.387. The maximum atomic E-state index is 5.23. The molecule has 0 spiro atoms. The second-order valence-corrected chi connectivity index (χ2v) is 8.32. The highest BCUT2D eigenvalue weighted by Gasteiger charge is 2.57. The summed E-state index contributed by atoms with van der Waals surface area (Å²) in [6.45, 7) is 18.9. The van der Waals surface area contributed by atoms with Crippen molar-refractivity contribution in [2.24, 2.45) is 5.10 Å². The number of aryl methyl sites for hydroxylation is 1. The second kappa shape index (κ2) is 10.5. The van der Waals surface area contributed by atoms with Crippen molar-refractivity contribution in [1.29, 1.82) is 0 Å². The molecular weight excluding hydrogens is 414 g/mol. The molecule has 34 heavy (non-hydrogen) atoms. The van der Waals surface area contributed by atoms with Crippen LogP contribution in [0.4, 0.5) is 11.4 Å². The number of fused-ring (bicyclic) bond motifs is 3. The zero-order chi connectivity index (χ0) is 25.0. The van der Waals surface area contributed by atoms with Crippen molar-refractivity contribution in [2.75, 3.05) is 9.91 Å². The van der Waals surface area contributed by atoms with Crippen LogP contribution in [0.2, 0.25) is 0 Å². The first-order chi connectivity index (χ1) is 16.6. The molecule has 180 valence electrons. The maximum Gasteiger partial charge on any atom is 0.163 e. The van der Waals surface area contributed by atoms with Crippen LogP contribution in [0.25, 0.3) is 11.1 Å². The van der Waals surface area contributed by atoms with Crippen molar-refractivity contribution >= 4 is 17.2 Å². The molecule has 6 rings (SSSR count). The molecule has 0 saturated carbocycles. The number of hydrogen-bond donors (Lipinski definition) is 0. The summed E-state index contributed by atoms with van der Waals surface area (Å²) in [7, 11) is 0. The largest absolute Gasteiger partial charge is 0.300 e. The van der Waals surface area contributed by atoms with Gasteiger partial charge < -0.3 is 0 Å². The summed E-state index contributed by atoms with van der Waals surface area (Å²) in [4.78, 5) is 2.50. The van der Waals surface area contributed by atoms with Gasteiger partial charge in [-0.2, -0.15) is 5.10 Å². The predicted octanol–water partition coefficient (Wildman–Crippen LogP) is 8.75. The molecule has 2 atom stereocenters. The van der Waals surface area contributed by atoms with Crippen LogP contribution in [0.5, 0.6) is 0 Å². The molecule has 3 aromatic carbocycles. The Balaban J connectivity index is 0.000000503. The first-order valence-corrected chi connectivity index (χ1v) is 13.1. The van der Waals surface area contributed by atoms with E-state index >= 15 is 0 Å². The summed E-state index contributed by atoms with van der Waals surface area (Å²) in [5, 5.41) is 7.50. The van der Waals surface area contributed by atoms with Gasteiger partial charge in [-0.1, -0.05) is 116 Å². The Kier molecular flexibility index (Phi) is 7.86. The third kappa shape index (κ3) is 3.53. The molecule has 3 aliphatic heterocycles.